The second-order valence-electron chi connectivity index (χ2n) is 6.63. The van der Waals surface area contributed by atoms with E-state index >= 15 is 0 Å². The molecule has 3 aromatic rings. The van der Waals surface area contributed by atoms with Gasteiger partial charge in [0.25, 0.3) is 0 Å². The van der Waals surface area contributed by atoms with Crippen molar-refractivity contribution in [3.05, 3.63) is 89.2 Å². The zero-order valence-electron chi connectivity index (χ0n) is 14.6. The van der Waals surface area contributed by atoms with E-state index in [0.717, 1.165) is 33.4 Å². The van der Waals surface area contributed by atoms with Gasteiger partial charge in [-0.2, -0.15) is 0 Å². The summed E-state index contributed by atoms with van der Waals surface area (Å²) in [5.41, 5.74) is 11.6. The third-order valence-electron chi connectivity index (χ3n) is 4.83. The van der Waals surface area contributed by atoms with Crippen LogP contribution in [-0.2, 0) is 17.8 Å². The van der Waals surface area contributed by atoms with Crippen molar-refractivity contribution in [2.24, 2.45) is 10.7 Å². The Balaban J connectivity index is 0.00000225. The van der Waals surface area contributed by atoms with Crippen LogP contribution >= 0.6 is 11.6 Å². The number of fused-ring (bicyclic) bond motifs is 1. The first-order chi connectivity index (χ1) is 13.1. The Morgan fingerprint density at radius 3 is 2.61 bits per heavy atom. The van der Waals surface area contributed by atoms with Crippen molar-refractivity contribution in [1.82, 2.24) is 4.98 Å². The van der Waals surface area contributed by atoms with Crippen LogP contribution in [0, 0.1) is 0 Å². The highest BCUT2D eigenvalue weighted by Gasteiger charge is 2.19. The fraction of sp³-hybridized carbons (Fsp3) is 0.174. The SMILES string of the molecule is C.NC(=O)[C@@H](Cc1cncc(-c2ccc3c(c2)C(Cl)=NC3)c1)c1ccccc1. The second kappa shape index (κ2) is 8.36. The van der Waals surface area contributed by atoms with Gasteiger partial charge in [0, 0.05) is 23.5 Å². The molecule has 1 atom stereocenters. The highest BCUT2D eigenvalue weighted by atomic mass is 35.5. The van der Waals surface area contributed by atoms with Gasteiger partial charge in [0.15, 0.2) is 0 Å². The molecule has 1 amide bonds. The Morgan fingerprint density at radius 1 is 1.07 bits per heavy atom. The summed E-state index contributed by atoms with van der Waals surface area (Å²) >= 11 is 6.19. The van der Waals surface area contributed by atoms with Crippen molar-refractivity contribution >= 4 is 22.7 Å². The summed E-state index contributed by atoms with van der Waals surface area (Å²) in [5.74, 6) is -0.725. The average Bonchev–Trinajstić information content (AvgIpc) is 3.07. The van der Waals surface area contributed by atoms with Crippen LogP contribution in [-0.4, -0.2) is 16.1 Å². The number of halogens is 1. The van der Waals surface area contributed by atoms with Crippen LogP contribution in [0.5, 0.6) is 0 Å². The molecule has 0 bridgehead atoms. The number of aliphatic imine (C=N–C) groups is 1. The first-order valence-electron chi connectivity index (χ1n) is 8.73. The van der Waals surface area contributed by atoms with Gasteiger partial charge < -0.3 is 5.73 Å². The maximum Gasteiger partial charge on any atom is 0.225 e. The third kappa shape index (κ3) is 3.97. The summed E-state index contributed by atoms with van der Waals surface area (Å²) in [7, 11) is 0. The third-order valence-corrected chi connectivity index (χ3v) is 5.16. The van der Waals surface area contributed by atoms with Gasteiger partial charge in [-0.05, 0) is 40.8 Å². The Morgan fingerprint density at radius 2 is 1.86 bits per heavy atom. The number of aromatic nitrogens is 1. The molecule has 0 saturated heterocycles. The monoisotopic (exact) mass is 391 g/mol. The Hall–Kier alpha value is -2.98. The lowest BCUT2D eigenvalue weighted by atomic mass is 9.91. The molecule has 28 heavy (non-hydrogen) atoms. The molecule has 0 saturated carbocycles. The largest absolute Gasteiger partial charge is 0.369 e. The first-order valence-corrected chi connectivity index (χ1v) is 9.11. The van der Waals surface area contributed by atoms with E-state index < -0.39 is 0 Å². The maximum absolute atomic E-state index is 12.0. The summed E-state index contributed by atoms with van der Waals surface area (Å²) in [5, 5.41) is 0.550. The number of carbonyl (C=O) groups is 1. The van der Waals surface area contributed by atoms with E-state index in [-0.39, 0.29) is 19.3 Å². The van der Waals surface area contributed by atoms with Crippen molar-refractivity contribution in [3.63, 3.8) is 0 Å². The quantitative estimate of drug-likeness (QED) is 0.685. The van der Waals surface area contributed by atoms with Gasteiger partial charge in [0.2, 0.25) is 5.91 Å². The van der Waals surface area contributed by atoms with Crippen LogP contribution in [0.1, 0.15) is 35.6 Å². The first kappa shape index (κ1) is 19.8. The summed E-state index contributed by atoms with van der Waals surface area (Å²) < 4.78 is 0. The van der Waals surface area contributed by atoms with Gasteiger partial charge in [-0.15, -0.1) is 0 Å². The summed E-state index contributed by atoms with van der Waals surface area (Å²) in [6, 6.07) is 17.8. The number of hydrogen-bond acceptors (Lipinski definition) is 3. The van der Waals surface area contributed by atoms with Crippen molar-refractivity contribution in [3.8, 4) is 11.1 Å². The standard InChI is InChI=1S/C22H18ClN3O.CH4/c23-21-19-10-16(6-7-17(19)13-26-21)18-8-14(11-25-12-18)9-20(22(24)27)15-4-2-1-3-5-15;/h1-8,10-12,20H,9,13H2,(H2,24,27);1H4/t20-;/m0./s1. The zero-order chi connectivity index (χ0) is 18.8. The van der Waals surface area contributed by atoms with Gasteiger partial charge in [0.05, 0.1) is 12.5 Å². The number of nitrogens with zero attached hydrogens (tertiary/aromatic N) is 2. The number of nitrogens with two attached hydrogens (primary N) is 1. The molecule has 142 valence electrons. The lowest BCUT2D eigenvalue weighted by Crippen LogP contribution is -2.23. The van der Waals surface area contributed by atoms with E-state index in [9.17, 15) is 4.79 Å². The molecule has 0 spiro atoms. The van der Waals surface area contributed by atoms with Gasteiger partial charge in [-0.25, -0.2) is 0 Å². The Labute approximate surface area is 170 Å². The number of pyridine rings is 1. The minimum atomic E-state index is -0.384. The average molecular weight is 392 g/mol. The van der Waals surface area contributed by atoms with Crippen LogP contribution in [0.25, 0.3) is 11.1 Å². The smallest absolute Gasteiger partial charge is 0.225 e. The van der Waals surface area contributed by atoms with Gasteiger partial charge in [-0.1, -0.05) is 61.5 Å². The normalized spacial score (nSPS) is 13.2. The molecule has 2 heterocycles. The highest BCUT2D eigenvalue weighted by molar-refractivity contribution is 6.70. The summed E-state index contributed by atoms with van der Waals surface area (Å²) in [4.78, 5) is 20.6. The zero-order valence-corrected chi connectivity index (χ0v) is 15.4. The predicted octanol–water partition coefficient (Wildman–Crippen LogP) is 4.70. The van der Waals surface area contributed by atoms with Crippen molar-refractivity contribution < 1.29 is 4.79 Å². The highest BCUT2D eigenvalue weighted by Crippen LogP contribution is 2.29. The van der Waals surface area contributed by atoms with E-state index in [4.69, 9.17) is 17.3 Å². The van der Waals surface area contributed by atoms with E-state index in [1.54, 1.807) is 6.20 Å². The van der Waals surface area contributed by atoms with E-state index in [0.29, 0.717) is 18.1 Å². The lowest BCUT2D eigenvalue weighted by Gasteiger charge is -2.14. The number of carbonyl (C=O) groups excluding carboxylic acids is 1. The van der Waals surface area contributed by atoms with Crippen LogP contribution in [0.15, 0.2) is 72.0 Å². The molecule has 2 aromatic carbocycles. The molecule has 1 aromatic heterocycles. The molecule has 4 nitrogen and oxygen atoms in total. The number of rotatable bonds is 5. The number of primary amides is 1. The van der Waals surface area contributed by atoms with E-state index in [1.807, 2.05) is 60.8 Å². The van der Waals surface area contributed by atoms with E-state index in [2.05, 4.69) is 9.98 Å². The number of benzene rings is 2. The number of amides is 1. The summed E-state index contributed by atoms with van der Waals surface area (Å²) in [6.45, 7) is 0.629. The molecular weight excluding hydrogens is 370 g/mol. The van der Waals surface area contributed by atoms with Crippen LogP contribution in [0.3, 0.4) is 0 Å². The minimum absolute atomic E-state index is 0. The fourth-order valence-corrected chi connectivity index (χ4v) is 3.62. The molecule has 0 unspecified atom stereocenters. The molecular formula is C23H22ClN3O. The van der Waals surface area contributed by atoms with Gasteiger partial charge in [-0.3, -0.25) is 14.8 Å². The molecule has 4 rings (SSSR count). The topological polar surface area (TPSA) is 68.3 Å². The second-order valence-corrected chi connectivity index (χ2v) is 6.99. The van der Waals surface area contributed by atoms with Crippen LogP contribution < -0.4 is 5.73 Å². The number of hydrogen-bond donors (Lipinski definition) is 1. The molecule has 1 aliphatic rings. The van der Waals surface area contributed by atoms with Crippen molar-refractivity contribution in [2.45, 2.75) is 26.3 Å². The van der Waals surface area contributed by atoms with Crippen LogP contribution in [0.2, 0.25) is 0 Å². The fourth-order valence-electron chi connectivity index (χ4n) is 3.39. The summed E-state index contributed by atoms with van der Waals surface area (Å²) in [6.07, 6.45) is 4.10. The molecule has 5 heteroatoms. The molecule has 1 aliphatic heterocycles. The van der Waals surface area contributed by atoms with Crippen molar-refractivity contribution in [2.75, 3.05) is 0 Å². The molecule has 0 aliphatic carbocycles. The van der Waals surface area contributed by atoms with Gasteiger partial charge in [0.1, 0.15) is 5.17 Å². The Bertz CT molecular complexity index is 1030. The molecule has 0 fully saturated rings. The molecule has 2 N–H and O–H groups in total. The predicted molar refractivity (Wildman–Crippen MR) is 115 cm³/mol. The maximum atomic E-state index is 12.0. The van der Waals surface area contributed by atoms with Crippen LogP contribution in [0.4, 0.5) is 0 Å². The van der Waals surface area contributed by atoms with Gasteiger partial charge >= 0.3 is 0 Å². The minimum Gasteiger partial charge on any atom is -0.369 e. The Kier molecular flexibility index (Phi) is 5.90. The van der Waals surface area contributed by atoms with E-state index in [1.165, 1.54) is 0 Å². The lowest BCUT2D eigenvalue weighted by molar-refractivity contribution is -0.119. The van der Waals surface area contributed by atoms with Crippen molar-refractivity contribution in [1.29, 1.82) is 0 Å². The molecule has 0 radical (unpaired) electrons.